The number of aromatic nitrogens is 2. The fraction of sp³-hybridized carbons (Fsp3) is 0.733. The molecule has 1 aromatic rings. The molecule has 106 valence electrons. The van der Waals surface area contributed by atoms with Crippen molar-refractivity contribution in [2.45, 2.75) is 65.6 Å². The van der Waals surface area contributed by atoms with E-state index in [9.17, 15) is 0 Å². The Hall–Kier alpha value is -1.16. The van der Waals surface area contributed by atoms with Gasteiger partial charge in [-0.3, -0.25) is 0 Å². The predicted molar refractivity (Wildman–Crippen MR) is 79.4 cm³/mol. The van der Waals surface area contributed by atoms with Crippen LogP contribution in [-0.2, 0) is 6.54 Å². The summed E-state index contributed by atoms with van der Waals surface area (Å²) in [7, 11) is 0. The van der Waals surface area contributed by atoms with Crippen LogP contribution in [0.15, 0.2) is 6.20 Å². The summed E-state index contributed by atoms with van der Waals surface area (Å²) in [5.74, 6) is 0.891. The summed E-state index contributed by atoms with van der Waals surface area (Å²) < 4.78 is 0. The molecule has 0 radical (unpaired) electrons. The molecule has 4 nitrogen and oxygen atoms in total. The summed E-state index contributed by atoms with van der Waals surface area (Å²) in [6.07, 6.45) is 4.47. The normalized spacial score (nSPS) is 20.1. The molecule has 1 aromatic heterocycles. The molecule has 2 rings (SSSR count). The van der Waals surface area contributed by atoms with Crippen molar-refractivity contribution >= 4 is 5.95 Å². The molecule has 0 aliphatic carbocycles. The smallest absolute Gasteiger partial charge is 0.225 e. The number of nitrogens with zero attached hydrogens (tertiary/aromatic N) is 3. The summed E-state index contributed by atoms with van der Waals surface area (Å²) in [6.45, 7) is 12.7. The van der Waals surface area contributed by atoms with E-state index in [2.05, 4.69) is 54.8 Å². The number of hydrogen-bond donors (Lipinski definition) is 1. The highest BCUT2D eigenvalue weighted by atomic mass is 15.3. The summed E-state index contributed by atoms with van der Waals surface area (Å²) in [6, 6.07) is 0.568. The number of rotatable bonds is 3. The summed E-state index contributed by atoms with van der Waals surface area (Å²) in [5.41, 5.74) is 2.39. The van der Waals surface area contributed by atoms with Gasteiger partial charge in [0.2, 0.25) is 5.95 Å². The van der Waals surface area contributed by atoms with E-state index in [1.807, 2.05) is 6.20 Å². The van der Waals surface area contributed by atoms with Gasteiger partial charge in [-0.2, -0.15) is 0 Å². The van der Waals surface area contributed by atoms with Gasteiger partial charge in [0.05, 0.1) is 0 Å². The quantitative estimate of drug-likeness (QED) is 0.909. The topological polar surface area (TPSA) is 41.1 Å². The molecule has 1 fully saturated rings. The fourth-order valence-electron chi connectivity index (χ4n) is 2.38. The number of nitrogens with one attached hydrogen (secondary N) is 1. The van der Waals surface area contributed by atoms with E-state index in [-0.39, 0.29) is 5.54 Å². The Labute approximate surface area is 116 Å². The highest BCUT2D eigenvalue weighted by Gasteiger charge is 2.23. The lowest BCUT2D eigenvalue weighted by molar-refractivity contribution is 0.423. The van der Waals surface area contributed by atoms with E-state index in [1.165, 1.54) is 18.4 Å². The van der Waals surface area contributed by atoms with Gasteiger partial charge in [-0.15, -0.1) is 0 Å². The van der Waals surface area contributed by atoms with Crippen LogP contribution >= 0.6 is 0 Å². The van der Waals surface area contributed by atoms with Crippen LogP contribution in [0.25, 0.3) is 0 Å². The lowest BCUT2D eigenvalue weighted by atomic mass is 10.1. The SMILES string of the molecule is Cc1nc(N2CCCC2C)ncc1CNC(C)(C)C. The molecule has 4 heteroatoms. The Morgan fingerprint density at radius 2 is 2.16 bits per heavy atom. The number of anilines is 1. The molecule has 0 amide bonds. The van der Waals surface area contributed by atoms with E-state index < -0.39 is 0 Å². The standard InChI is InChI=1S/C15H26N4/c1-11-7-6-8-19(11)14-16-9-13(12(2)18-14)10-17-15(3,4)5/h9,11,17H,6-8,10H2,1-5H3. The lowest BCUT2D eigenvalue weighted by Gasteiger charge is -2.23. The molecule has 1 aliphatic rings. The second kappa shape index (κ2) is 5.45. The maximum Gasteiger partial charge on any atom is 0.225 e. The Bertz CT molecular complexity index is 436. The van der Waals surface area contributed by atoms with Gasteiger partial charge in [-0.05, 0) is 47.5 Å². The van der Waals surface area contributed by atoms with Gasteiger partial charge in [0.15, 0.2) is 0 Å². The first-order chi connectivity index (χ1) is 8.87. The molecule has 0 bridgehead atoms. The molecule has 1 unspecified atom stereocenters. The molecule has 2 heterocycles. The minimum Gasteiger partial charge on any atom is -0.338 e. The predicted octanol–water partition coefficient (Wildman–Crippen LogP) is 2.66. The van der Waals surface area contributed by atoms with E-state index in [1.54, 1.807) is 0 Å². The van der Waals surface area contributed by atoms with Crippen LogP contribution in [0.5, 0.6) is 0 Å². The molecular formula is C15H26N4. The molecule has 1 aliphatic heterocycles. The zero-order valence-electron chi connectivity index (χ0n) is 12.8. The summed E-state index contributed by atoms with van der Waals surface area (Å²) >= 11 is 0. The summed E-state index contributed by atoms with van der Waals surface area (Å²) in [5, 5.41) is 3.48. The molecule has 19 heavy (non-hydrogen) atoms. The van der Waals surface area contributed by atoms with Gasteiger partial charge in [-0.1, -0.05) is 0 Å². The average Bonchev–Trinajstić information content (AvgIpc) is 2.72. The van der Waals surface area contributed by atoms with Crippen molar-refractivity contribution in [2.24, 2.45) is 0 Å². The monoisotopic (exact) mass is 262 g/mol. The zero-order valence-corrected chi connectivity index (χ0v) is 12.8. The molecular weight excluding hydrogens is 236 g/mol. The first-order valence-corrected chi connectivity index (χ1v) is 7.21. The van der Waals surface area contributed by atoms with Crippen LogP contribution in [0, 0.1) is 6.92 Å². The number of hydrogen-bond acceptors (Lipinski definition) is 4. The van der Waals surface area contributed by atoms with Gasteiger partial charge in [-0.25, -0.2) is 9.97 Å². The molecule has 0 saturated carbocycles. The van der Waals surface area contributed by atoms with E-state index >= 15 is 0 Å². The van der Waals surface area contributed by atoms with Gasteiger partial charge < -0.3 is 10.2 Å². The van der Waals surface area contributed by atoms with E-state index in [0.717, 1.165) is 24.7 Å². The Balaban J connectivity index is 2.09. The van der Waals surface area contributed by atoms with E-state index in [0.29, 0.717) is 6.04 Å². The van der Waals surface area contributed by atoms with E-state index in [4.69, 9.17) is 0 Å². The Morgan fingerprint density at radius 1 is 1.42 bits per heavy atom. The highest BCUT2D eigenvalue weighted by Crippen LogP contribution is 2.22. The first kappa shape index (κ1) is 14.3. The van der Waals surface area contributed by atoms with Crippen LogP contribution in [0.4, 0.5) is 5.95 Å². The molecule has 0 aromatic carbocycles. The van der Waals surface area contributed by atoms with Crippen molar-refractivity contribution in [3.05, 3.63) is 17.5 Å². The third-order valence-electron chi connectivity index (χ3n) is 3.69. The van der Waals surface area contributed by atoms with Crippen molar-refractivity contribution in [3.8, 4) is 0 Å². The highest BCUT2D eigenvalue weighted by molar-refractivity contribution is 5.35. The third kappa shape index (κ3) is 3.66. The Kier molecular flexibility index (Phi) is 4.09. The van der Waals surface area contributed by atoms with Crippen molar-refractivity contribution in [1.82, 2.24) is 15.3 Å². The zero-order chi connectivity index (χ0) is 14.0. The number of aryl methyl sites for hydroxylation is 1. The lowest BCUT2D eigenvalue weighted by Crippen LogP contribution is -2.35. The maximum atomic E-state index is 4.68. The minimum absolute atomic E-state index is 0.120. The second-order valence-electron chi connectivity index (χ2n) is 6.57. The molecule has 1 N–H and O–H groups in total. The summed E-state index contributed by atoms with van der Waals surface area (Å²) in [4.78, 5) is 11.5. The minimum atomic E-state index is 0.120. The largest absolute Gasteiger partial charge is 0.338 e. The van der Waals surface area contributed by atoms with Crippen LogP contribution in [0.1, 0.15) is 51.8 Å². The van der Waals surface area contributed by atoms with Gasteiger partial charge in [0.1, 0.15) is 0 Å². The molecule has 0 spiro atoms. The van der Waals surface area contributed by atoms with Gasteiger partial charge in [0.25, 0.3) is 0 Å². The average molecular weight is 262 g/mol. The van der Waals surface area contributed by atoms with Gasteiger partial charge in [0, 0.05) is 42.1 Å². The van der Waals surface area contributed by atoms with Crippen molar-refractivity contribution in [3.63, 3.8) is 0 Å². The first-order valence-electron chi connectivity index (χ1n) is 7.21. The van der Waals surface area contributed by atoms with Crippen molar-refractivity contribution in [2.75, 3.05) is 11.4 Å². The van der Waals surface area contributed by atoms with Crippen LogP contribution < -0.4 is 10.2 Å². The fourth-order valence-corrected chi connectivity index (χ4v) is 2.38. The maximum absolute atomic E-state index is 4.68. The van der Waals surface area contributed by atoms with Gasteiger partial charge >= 0.3 is 0 Å². The molecule has 1 saturated heterocycles. The van der Waals surface area contributed by atoms with Crippen LogP contribution in [0.3, 0.4) is 0 Å². The van der Waals surface area contributed by atoms with Crippen LogP contribution in [0.2, 0.25) is 0 Å². The molecule has 1 atom stereocenters. The third-order valence-corrected chi connectivity index (χ3v) is 3.69. The van der Waals surface area contributed by atoms with Crippen LogP contribution in [-0.4, -0.2) is 28.1 Å². The second-order valence-corrected chi connectivity index (χ2v) is 6.57. The Morgan fingerprint density at radius 3 is 2.68 bits per heavy atom. The van der Waals surface area contributed by atoms with Crippen molar-refractivity contribution in [1.29, 1.82) is 0 Å². The van der Waals surface area contributed by atoms with Crippen molar-refractivity contribution < 1.29 is 0 Å².